The maximum absolute atomic E-state index is 13.0. The van der Waals surface area contributed by atoms with E-state index in [1.54, 1.807) is 11.0 Å². The minimum atomic E-state index is 0.100. The zero-order valence-electron chi connectivity index (χ0n) is 16.3. The summed E-state index contributed by atoms with van der Waals surface area (Å²) in [5, 5.41) is 4.11. The van der Waals surface area contributed by atoms with E-state index in [1.807, 2.05) is 29.2 Å². The molecular formula is C22H25N5O. The molecule has 3 aromatic rings. The fourth-order valence-electron chi connectivity index (χ4n) is 3.77. The number of hydrogen-bond acceptors (Lipinski definition) is 4. The van der Waals surface area contributed by atoms with Crippen LogP contribution in [0.25, 0.3) is 0 Å². The average molecular weight is 375 g/mol. The van der Waals surface area contributed by atoms with E-state index in [9.17, 15) is 4.79 Å². The summed E-state index contributed by atoms with van der Waals surface area (Å²) >= 11 is 0. The molecule has 1 amide bonds. The molecule has 1 fully saturated rings. The topological polar surface area (TPSA) is 54.3 Å². The van der Waals surface area contributed by atoms with Crippen LogP contribution in [0.1, 0.15) is 28.4 Å². The van der Waals surface area contributed by atoms with Gasteiger partial charge >= 0.3 is 0 Å². The Morgan fingerprint density at radius 1 is 1.14 bits per heavy atom. The fraction of sp³-hybridized carbons (Fsp3) is 0.318. The van der Waals surface area contributed by atoms with Gasteiger partial charge in [-0.1, -0.05) is 24.3 Å². The third-order valence-corrected chi connectivity index (χ3v) is 5.26. The van der Waals surface area contributed by atoms with E-state index in [1.165, 1.54) is 17.6 Å². The van der Waals surface area contributed by atoms with E-state index in [-0.39, 0.29) is 11.9 Å². The second-order valence-corrected chi connectivity index (χ2v) is 7.42. The first-order valence-electron chi connectivity index (χ1n) is 9.64. The van der Waals surface area contributed by atoms with E-state index in [4.69, 9.17) is 0 Å². The summed E-state index contributed by atoms with van der Waals surface area (Å²) in [5.41, 5.74) is 4.32. The molecule has 4 rings (SSSR count). The molecule has 1 atom stereocenters. The quantitative estimate of drug-likeness (QED) is 0.703. The Labute approximate surface area is 165 Å². The Kier molecular flexibility index (Phi) is 5.10. The monoisotopic (exact) mass is 375 g/mol. The van der Waals surface area contributed by atoms with Gasteiger partial charge in [0, 0.05) is 36.9 Å². The molecule has 1 aliphatic heterocycles. The third-order valence-electron chi connectivity index (χ3n) is 5.26. The third kappa shape index (κ3) is 3.91. The number of hydrogen-bond donors (Lipinski definition) is 0. The zero-order valence-corrected chi connectivity index (χ0v) is 16.3. The van der Waals surface area contributed by atoms with Gasteiger partial charge in [-0.2, -0.15) is 5.10 Å². The lowest BCUT2D eigenvalue weighted by molar-refractivity contribution is 0.0726. The van der Waals surface area contributed by atoms with Crippen LogP contribution in [0.2, 0.25) is 0 Å². The predicted molar refractivity (Wildman–Crippen MR) is 109 cm³/mol. The largest absolute Gasteiger partial charge is 0.365 e. The van der Waals surface area contributed by atoms with Gasteiger partial charge in [0.1, 0.15) is 12.7 Å². The minimum absolute atomic E-state index is 0.100. The maximum atomic E-state index is 13.0. The summed E-state index contributed by atoms with van der Waals surface area (Å²) in [5.74, 6) is 0.100. The number of piperazine rings is 1. The number of anilines is 1. The standard InChI is InChI=1S/C22H25N5O/c1-17-4-3-5-21(12-17)27-11-10-25(13-18(27)2)22(28)20-8-6-19(7-9-20)14-26-16-23-15-24-26/h3-9,12,15-16,18H,10-11,13-14H2,1-2H3. The molecule has 2 heterocycles. The lowest BCUT2D eigenvalue weighted by atomic mass is 10.1. The minimum Gasteiger partial charge on any atom is -0.365 e. The number of aryl methyl sites for hydroxylation is 1. The van der Waals surface area contributed by atoms with Crippen molar-refractivity contribution in [2.45, 2.75) is 26.4 Å². The molecule has 0 aliphatic carbocycles. The molecular weight excluding hydrogens is 350 g/mol. The summed E-state index contributed by atoms with van der Waals surface area (Å²) in [6.45, 7) is 7.26. The molecule has 1 aromatic heterocycles. The second-order valence-electron chi connectivity index (χ2n) is 7.42. The van der Waals surface area contributed by atoms with Gasteiger partial charge in [-0.05, 0) is 49.2 Å². The van der Waals surface area contributed by atoms with Gasteiger partial charge in [-0.3, -0.25) is 4.79 Å². The molecule has 1 unspecified atom stereocenters. The number of aromatic nitrogens is 3. The summed E-state index contributed by atoms with van der Waals surface area (Å²) in [6, 6.07) is 16.6. The van der Waals surface area contributed by atoms with E-state index in [0.717, 1.165) is 30.8 Å². The smallest absolute Gasteiger partial charge is 0.253 e. The summed E-state index contributed by atoms with van der Waals surface area (Å²) in [6.07, 6.45) is 3.21. The van der Waals surface area contributed by atoms with E-state index >= 15 is 0 Å². The molecule has 0 bridgehead atoms. The van der Waals surface area contributed by atoms with Crippen molar-refractivity contribution in [3.8, 4) is 0 Å². The lowest BCUT2D eigenvalue weighted by Crippen LogP contribution is -2.53. The van der Waals surface area contributed by atoms with Crippen molar-refractivity contribution in [2.75, 3.05) is 24.5 Å². The fourth-order valence-corrected chi connectivity index (χ4v) is 3.77. The van der Waals surface area contributed by atoms with Crippen LogP contribution in [0, 0.1) is 6.92 Å². The summed E-state index contributed by atoms with van der Waals surface area (Å²) in [4.78, 5) is 21.3. The molecule has 144 valence electrons. The molecule has 1 aliphatic rings. The highest BCUT2D eigenvalue weighted by Crippen LogP contribution is 2.22. The molecule has 6 heteroatoms. The Bertz CT molecular complexity index is 936. The van der Waals surface area contributed by atoms with Crippen molar-refractivity contribution in [1.82, 2.24) is 19.7 Å². The van der Waals surface area contributed by atoms with Crippen LogP contribution in [-0.2, 0) is 6.54 Å². The van der Waals surface area contributed by atoms with Crippen molar-refractivity contribution in [2.24, 2.45) is 0 Å². The van der Waals surface area contributed by atoms with Crippen molar-refractivity contribution in [1.29, 1.82) is 0 Å². The van der Waals surface area contributed by atoms with Crippen molar-refractivity contribution < 1.29 is 4.79 Å². The van der Waals surface area contributed by atoms with Crippen LogP contribution in [0.3, 0.4) is 0 Å². The number of amides is 1. The van der Waals surface area contributed by atoms with Crippen LogP contribution in [0.4, 0.5) is 5.69 Å². The van der Waals surface area contributed by atoms with E-state index < -0.39 is 0 Å². The number of carbonyl (C=O) groups is 1. The lowest BCUT2D eigenvalue weighted by Gasteiger charge is -2.41. The first kappa shape index (κ1) is 18.2. The molecule has 0 saturated carbocycles. The first-order chi connectivity index (χ1) is 13.6. The van der Waals surface area contributed by atoms with Crippen LogP contribution in [0.5, 0.6) is 0 Å². The highest BCUT2D eigenvalue weighted by atomic mass is 16.2. The van der Waals surface area contributed by atoms with Crippen LogP contribution in [0.15, 0.2) is 61.2 Å². The summed E-state index contributed by atoms with van der Waals surface area (Å²) < 4.78 is 1.77. The van der Waals surface area contributed by atoms with Crippen molar-refractivity contribution in [3.05, 3.63) is 77.9 Å². The second kappa shape index (κ2) is 7.84. The van der Waals surface area contributed by atoms with Crippen LogP contribution >= 0.6 is 0 Å². The number of nitrogens with zero attached hydrogens (tertiary/aromatic N) is 5. The van der Waals surface area contributed by atoms with Gasteiger partial charge in [0.15, 0.2) is 0 Å². The SMILES string of the molecule is Cc1cccc(N2CCN(C(=O)c3ccc(Cn4cncn4)cc3)CC2C)c1. The summed E-state index contributed by atoms with van der Waals surface area (Å²) in [7, 11) is 0. The molecule has 1 saturated heterocycles. The van der Waals surface area contributed by atoms with Gasteiger partial charge in [-0.25, -0.2) is 9.67 Å². The Morgan fingerprint density at radius 2 is 1.96 bits per heavy atom. The Balaban J connectivity index is 1.40. The van der Waals surface area contributed by atoms with Gasteiger partial charge < -0.3 is 9.80 Å². The van der Waals surface area contributed by atoms with E-state index in [2.05, 4.69) is 53.1 Å². The molecule has 0 spiro atoms. The van der Waals surface area contributed by atoms with Gasteiger partial charge in [0.05, 0.1) is 6.54 Å². The van der Waals surface area contributed by atoms with E-state index in [0.29, 0.717) is 6.54 Å². The van der Waals surface area contributed by atoms with Crippen molar-refractivity contribution >= 4 is 11.6 Å². The normalized spacial score (nSPS) is 17.0. The van der Waals surface area contributed by atoms with Crippen molar-refractivity contribution in [3.63, 3.8) is 0 Å². The van der Waals surface area contributed by atoms with Gasteiger partial charge in [0.25, 0.3) is 5.91 Å². The first-order valence-corrected chi connectivity index (χ1v) is 9.64. The van der Waals surface area contributed by atoms with Crippen LogP contribution < -0.4 is 4.90 Å². The number of carbonyl (C=O) groups excluding carboxylic acids is 1. The predicted octanol–water partition coefficient (Wildman–Crippen LogP) is 2.99. The average Bonchev–Trinajstić information content (AvgIpc) is 3.21. The molecule has 0 N–H and O–H groups in total. The van der Waals surface area contributed by atoms with Gasteiger partial charge in [0.2, 0.25) is 0 Å². The molecule has 28 heavy (non-hydrogen) atoms. The van der Waals surface area contributed by atoms with Crippen LogP contribution in [-0.4, -0.2) is 51.2 Å². The highest BCUT2D eigenvalue weighted by Gasteiger charge is 2.27. The highest BCUT2D eigenvalue weighted by molar-refractivity contribution is 5.94. The Morgan fingerprint density at radius 3 is 2.64 bits per heavy atom. The molecule has 0 radical (unpaired) electrons. The number of benzene rings is 2. The maximum Gasteiger partial charge on any atom is 0.253 e. The Hall–Kier alpha value is -3.15. The molecule has 6 nitrogen and oxygen atoms in total. The number of rotatable bonds is 4. The zero-order chi connectivity index (χ0) is 19.5. The molecule has 2 aromatic carbocycles. The van der Waals surface area contributed by atoms with Gasteiger partial charge in [-0.15, -0.1) is 0 Å².